The second-order valence-corrected chi connectivity index (χ2v) is 6.72. The van der Waals surface area contributed by atoms with Crippen LogP contribution in [-0.4, -0.2) is 104 Å². The Bertz CT molecular complexity index is 688. The van der Waals surface area contributed by atoms with Gasteiger partial charge in [-0.3, -0.25) is 9.69 Å². The molecule has 3 aliphatic heterocycles. The largest absolute Gasteiger partial charge is 0.448 e. The summed E-state index contributed by atoms with van der Waals surface area (Å²) in [6, 6.07) is 1.90. The van der Waals surface area contributed by atoms with Crippen molar-refractivity contribution < 1.29 is 19.1 Å². The molecule has 0 radical (unpaired) electrons. The van der Waals surface area contributed by atoms with E-state index in [-0.39, 0.29) is 12.5 Å². The molecule has 0 spiro atoms. The highest BCUT2D eigenvalue weighted by molar-refractivity contribution is 5.83. The lowest BCUT2D eigenvalue weighted by molar-refractivity contribution is -0.132. The molecule has 0 aliphatic carbocycles. The smallest absolute Gasteiger partial charge is 0.410 e. The molecule has 0 saturated carbocycles. The van der Waals surface area contributed by atoms with Gasteiger partial charge in [-0.25, -0.2) is 9.78 Å². The third-order valence-corrected chi connectivity index (χ3v) is 5.05. The van der Waals surface area contributed by atoms with Gasteiger partial charge >= 0.3 is 6.09 Å². The van der Waals surface area contributed by atoms with Crippen LogP contribution >= 0.6 is 0 Å². The van der Waals surface area contributed by atoms with Crippen molar-refractivity contribution >= 4 is 23.8 Å². The van der Waals surface area contributed by atoms with E-state index in [2.05, 4.69) is 14.8 Å². The maximum absolute atomic E-state index is 12.4. The number of anilines is 2. The molecule has 0 aromatic carbocycles. The summed E-state index contributed by atoms with van der Waals surface area (Å²) in [6.07, 6.45) is 1.38. The second kappa shape index (κ2) is 7.95. The molecule has 0 atom stereocenters. The van der Waals surface area contributed by atoms with Crippen LogP contribution in [-0.2, 0) is 14.3 Å². The Morgan fingerprint density at radius 1 is 1.00 bits per heavy atom. The standard InChI is InChI=1S/C17H24N6O4/c24-15(13-23-9-12-27-17(23)25)21-5-3-20(4-6-21)14-1-2-18-16(19-14)22-7-10-26-11-8-22/h1-2H,3-13H2. The highest BCUT2D eigenvalue weighted by Gasteiger charge is 2.28. The summed E-state index contributed by atoms with van der Waals surface area (Å²) in [7, 11) is 0. The lowest BCUT2D eigenvalue weighted by Crippen LogP contribution is -2.51. The van der Waals surface area contributed by atoms with E-state index in [1.54, 1.807) is 11.1 Å². The van der Waals surface area contributed by atoms with Crippen molar-refractivity contribution in [2.24, 2.45) is 0 Å². The molecule has 3 fully saturated rings. The Balaban J connectivity index is 1.32. The lowest BCUT2D eigenvalue weighted by Gasteiger charge is -2.36. The predicted octanol–water partition coefficient (Wildman–Crippen LogP) is -0.586. The van der Waals surface area contributed by atoms with Gasteiger partial charge in [-0.1, -0.05) is 0 Å². The molecule has 2 amide bonds. The average Bonchev–Trinajstić information content (AvgIpc) is 3.13. The Kier molecular flexibility index (Phi) is 5.23. The molecule has 0 bridgehead atoms. The molecule has 1 aromatic rings. The fourth-order valence-electron chi connectivity index (χ4n) is 3.45. The van der Waals surface area contributed by atoms with E-state index in [0.29, 0.717) is 52.5 Å². The van der Waals surface area contributed by atoms with E-state index in [9.17, 15) is 9.59 Å². The van der Waals surface area contributed by atoms with Crippen molar-refractivity contribution in [3.8, 4) is 0 Å². The van der Waals surface area contributed by atoms with Crippen LogP contribution in [0.3, 0.4) is 0 Å². The molecule has 3 aliphatic rings. The maximum atomic E-state index is 12.4. The Morgan fingerprint density at radius 2 is 1.78 bits per heavy atom. The van der Waals surface area contributed by atoms with Crippen molar-refractivity contribution in [1.82, 2.24) is 19.8 Å². The molecule has 10 nitrogen and oxygen atoms in total. The van der Waals surface area contributed by atoms with Crippen molar-refractivity contribution in [3.05, 3.63) is 12.3 Å². The summed E-state index contributed by atoms with van der Waals surface area (Å²) in [5, 5.41) is 0. The lowest BCUT2D eigenvalue weighted by atomic mass is 10.3. The third-order valence-electron chi connectivity index (χ3n) is 5.05. The predicted molar refractivity (Wildman–Crippen MR) is 96.8 cm³/mol. The summed E-state index contributed by atoms with van der Waals surface area (Å²) in [6.45, 7) is 6.54. The van der Waals surface area contributed by atoms with Gasteiger partial charge in [0.05, 0.1) is 19.8 Å². The average molecular weight is 376 g/mol. The Morgan fingerprint density at radius 3 is 2.48 bits per heavy atom. The van der Waals surface area contributed by atoms with Crippen LogP contribution in [0.15, 0.2) is 12.3 Å². The highest BCUT2D eigenvalue weighted by Crippen LogP contribution is 2.18. The van der Waals surface area contributed by atoms with Crippen molar-refractivity contribution in [1.29, 1.82) is 0 Å². The summed E-state index contributed by atoms with van der Waals surface area (Å²) in [5.74, 6) is 1.56. The van der Waals surface area contributed by atoms with Gasteiger partial charge < -0.3 is 24.2 Å². The van der Waals surface area contributed by atoms with Crippen molar-refractivity contribution in [3.63, 3.8) is 0 Å². The van der Waals surface area contributed by atoms with Gasteiger partial charge in [0.2, 0.25) is 11.9 Å². The minimum Gasteiger partial charge on any atom is -0.448 e. The summed E-state index contributed by atoms with van der Waals surface area (Å²) in [5.41, 5.74) is 0. The quantitative estimate of drug-likeness (QED) is 0.689. The number of carbonyl (C=O) groups excluding carboxylic acids is 2. The molecule has 0 N–H and O–H groups in total. The van der Waals surface area contributed by atoms with E-state index in [1.807, 2.05) is 6.07 Å². The zero-order valence-corrected chi connectivity index (χ0v) is 15.2. The highest BCUT2D eigenvalue weighted by atomic mass is 16.6. The minimum absolute atomic E-state index is 0.0369. The number of cyclic esters (lactones) is 1. The fourth-order valence-corrected chi connectivity index (χ4v) is 3.45. The van der Waals surface area contributed by atoms with Crippen LogP contribution in [0.2, 0.25) is 0 Å². The monoisotopic (exact) mass is 376 g/mol. The summed E-state index contributed by atoms with van der Waals surface area (Å²) in [4.78, 5) is 40.5. The van der Waals surface area contributed by atoms with Crippen LogP contribution in [0.4, 0.5) is 16.6 Å². The van der Waals surface area contributed by atoms with E-state index < -0.39 is 6.09 Å². The van der Waals surface area contributed by atoms with Crippen molar-refractivity contribution in [2.75, 3.05) is 82.0 Å². The van der Waals surface area contributed by atoms with Crippen LogP contribution in [0, 0.1) is 0 Å². The molecule has 4 heterocycles. The van der Waals surface area contributed by atoms with Gasteiger partial charge in [-0.2, -0.15) is 4.98 Å². The number of amides is 2. The van der Waals surface area contributed by atoms with E-state index in [0.717, 1.165) is 24.9 Å². The van der Waals surface area contributed by atoms with Gasteiger partial charge in [-0.15, -0.1) is 0 Å². The molecule has 1 aromatic heterocycles. The van der Waals surface area contributed by atoms with Crippen LogP contribution in [0.5, 0.6) is 0 Å². The molecular formula is C17H24N6O4. The number of nitrogens with zero attached hydrogens (tertiary/aromatic N) is 6. The van der Waals surface area contributed by atoms with Crippen molar-refractivity contribution in [2.45, 2.75) is 0 Å². The van der Waals surface area contributed by atoms with Gasteiger partial charge in [0, 0.05) is 45.5 Å². The molecule has 10 heteroatoms. The first kappa shape index (κ1) is 17.8. The number of ether oxygens (including phenoxy) is 2. The Labute approximate surface area is 157 Å². The zero-order chi connectivity index (χ0) is 18.6. The van der Waals surface area contributed by atoms with Gasteiger partial charge in [0.25, 0.3) is 0 Å². The summed E-state index contributed by atoms with van der Waals surface area (Å²) >= 11 is 0. The van der Waals surface area contributed by atoms with Gasteiger partial charge in [0.1, 0.15) is 19.0 Å². The van der Waals surface area contributed by atoms with E-state index in [1.165, 1.54) is 4.90 Å². The number of morpholine rings is 1. The van der Waals surface area contributed by atoms with E-state index in [4.69, 9.17) is 14.5 Å². The first-order chi connectivity index (χ1) is 13.2. The molecule has 27 heavy (non-hydrogen) atoms. The number of carbonyl (C=O) groups is 2. The van der Waals surface area contributed by atoms with Crippen LogP contribution < -0.4 is 9.80 Å². The topological polar surface area (TPSA) is 91.3 Å². The van der Waals surface area contributed by atoms with Gasteiger partial charge in [-0.05, 0) is 6.07 Å². The SMILES string of the molecule is O=C(CN1CCOC1=O)N1CCN(c2ccnc(N3CCOCC3)n2)CC1. The Hall–Kier alpha value is -2.62. The summed E-state index contributed by atoms with van der Waals surface area (Å²) < 4.78 is 10.3. The number of hydrogen-bond acceptors (Lipinski definition) is 8. The molecule has 3 saturated heterocycles. The van der Waals surface area contributed by atoms with Crippen LogP contribution in [0.25, 0.3) is 0 Å². The normalized spacial score (nSPS) is 20.8. The second-order valence-electron chi connectivity index (χ2n) is 6.72. The first-order valence-corrected chi connectivity index (χ1v) is 9.31. The molecular weight excluding hydrogens is 352 g/mol. The number of hydrogen-bond donors (Lipinski definition) is 0. The number of piperazine rings is 1. The first-order valence-electron chi connectivity index (χ1n) is 9.31. The zero-order valence-electron chi connectivity index (χ0n) is 15.2. The fraction of sp³-hybridized carbons (Fsp3) is 0.647. The molecule has 146 valence electrons. The van der Waals surface area contributed by atoms with E-state index >= 15 is 0 Å². The van der Waals surface area contributed by atoms with Crippen LogP contribution in [0.1, 0.15) is 0 Å². The molecule has 4 rings (SSSR count). The van der Waals surface area contributed by atoms with Gasteiger partial charge in [0.15, 0.2) is 0 Å². The maximum Gasteiger partial charge on any atom is 0.410 e. The third kappa shape index (κ3) is 4.05. The minimum atomic E-state index is -0.404. The number of aromatic nitrogens is 2. The number of rotatable bonds is 4. The molecule has 0 unspecified atom stereocenters.